The normalized spacial score (nSPS) is 11.0. The molecular weight excluding hydrogens is 282 g/mol. The van der Waals surface area contributed by atoms with Crippen molar-refractivity contribution in [1.82, 2.24) is 9.55 Å². The van der Waals surface area contributed by atoms with E-state index in [4.69, 9.17) is 5.11 Å². The lowest BCUT2D eigenvalue weighted by molar-refractivity contribution is 0.0699. The highest BCUT2D eigenvalue weighted by atomic mass is 19.1. The van der Waals surface area contributed by atoms with Crippen molar-refractivity contribution in [3.8, 4) is 5.69 Å². The molecule has 0 atom stereocenters. The number of imidazole rings is 1. The second-order valence-electron chi connectivity index (χ2n) is 4.37. The van der Waals surface area contributed by atoms with E-state index in [1.54, 1.807) is 0 Å². The summed E-state index contributed by atoms with van der Waals surface area (Å²) >= 11 is 0. The van der Waals surface area contributed by atoms with Crippen molar-refractivity contribution >= 4 is 17.0 Å². The second-order valence-corrected chi connectivity index (χ2v) is 4.37. The number of para-hydroxylation sites is 1. The third-order valence-corrected chi connectivity index (χ3v) is 3.10. The lowest BCUT2D eigenvalue weighted by atomic mass is 10.2. The Morgan fingerprint density at radius 1 is 1.19 bits per heavy atom. The number of fused-ring (bicyclic) bond motifs is 1. The first-order chi connectivity index (χ1) is 9.99. The minimum absolute atomic E-state index is 0.0822. The Hall–Kier alpha value is -2.96. The summed E-state index contributed by atoms with van der Waals surface area (Å²) < 4.78 is 27.8. The van der Waals surface area contributed by atoms with Gasteiger partial charge in [0, 0.05) is 6.07 Å². The number of hydrogen-bond acceptors (Lipinski definition) is 2. The van der Waals surface area contributed by atoms with Crippen LogP contribution in [0.4, 0.5) is 8.78 Å². The molecule has 0 saturated heterocycles. The molecule has 1 heterocycles. The van der Waals surface area contributed by atoms with Gasteiger partial charge in [-0.3, -0.25) is 4.57 Å². The van der Waals surface area contributed by atoms with Gasteiger partial charge in [0.15, 0.2) is 0 Å². The number of carboxylic acids is 1. The standard InChI is InChI=1S/C14H8F2N2O3/c15-7-4-5-10(9(16)6-7)18-11-3-1-2-8(13(19)20)12(11)17-14(18)21/h1-6H,(H,17,21)(H,19,20). The fourth-order valence-electron chi connectivity index (χ4n) is 2.21. The third-order valence-electron chi connectivity index (χ3n) is 3.10. The number of nitrogens with one attached hydrogen (secondary N) is 1. The third kappa shape index (κ3) is 1.99. The van der Waals surface area contributed by atoms with E-state index in [9.17, 15) is 18.4 Å². The molecule has 0 saturated carbocycles. The topological polar surface area (TPSA) is 75.1 Å². The minimum Gasteiger partial charge on any atom is -0.478 e. The molecular formula is C14H8F2N2O3. The zero-order chi connectivity index (χ0) is 15.1. The molecule has 0 fully saturated rings. The fourth-order valence-corrected chi connectivity index (χ4v) is 2.21. The van der Waals surface area contributed by atoms with Crippen molar-refractivity contribution in [3.63, 3.8) is 0 Å². The molecule has 0 aliphatic heterocycles. The molecule has 0 unspecified atom stereocenters. The summed E-state index contributed by atoms with van der Waals surface area (Å²) in [7, 11) is 0. The Kier molecular flexibility index (Phi) is 2.83. The highest BCUT2D eigenvalue weighted by molar-refractivity contribution is 6.01. The van der Waals surface area contributed by atoms with Crippen molar-refractivity contribution in [2.75, 3.05) is 0 Å². The van der Waals surface area contributed by atoms with Crippen molar-refractivity contribution < 1.29 is 18.7 Å². The van der Waals surface area contributed by atoms with Gasteiger partial charge in [-0.15, -0.1) is 0 Å². The fraction of sp³-hybridized carbons (Fsp3) is 0. The van der Waals surface area contributed by atoms with E-state index in [1.807, 2.05) is 0 Å². The van der Waals surface area contributed by atoms with E-state index in [0.717, 1.165) is 16.7 Å². The number of nitrogens with zero attached hydrogens (tertiary/aromatic N) is 1. The number of H-pyrrole nitrogens is 1. The van der Waals surface area contributed by atoms with Crippen LogP contribution in [0.15, 0.2) is 41.2 Å². The molecule has 0 aliphatic rings. The van der Waals surface area contributed by atoms with Gasteiger partial charge >= 0.3 is 11.7 Å². The van der Waals surface area contributed by atoms with E-state index in [2.05, 4.69) is 4.98 Å². The van der Waals surface area contributed by atoms with Gasteiger partial charge in [0.25, 0.3) is 0 Å². The largest absolute Gasteiger partial charge is 0.478 e. The van der Waals surface area contributed by atoms with Crippen molar-refractivity contribution in [3.05, 3.63) is 64.1 Å². The Balaban J connectivity index is 2.39. The Labute approximate surface area is 116 Å². The molecule has 0 amide bonds. The zero-order valence-corrected chi connectivity index (χ0v) is 10.4. The van der Waals surface area contributed by atoms with Crippen molar-refractivity contribution in [1.29, 1.82) is 0 Å². The first-order valence-corrected chi connectivity index (χ1v) is 5.91. The highest BCUT2D eigenvalue weighted by Gasteiger charge is 2.17. The number of rotatable bonds is 2. The SMILES string of the molecule is O=C(O)c1cccc2c1[nH]c(=O)n2-c1ccc(F)cc1F. The number of hydrogen-bond donors (Lipinski definition) is 2. The summed E-state index contributed by atoms with van der Waals surface area (Å²) in [6.07, 6.45) is 0. The summed E-state index contributed by atoms with van der Waals surface area (Å²) in [5.41, 5.74) is -0.686. The molecule has 21 heavy (non-hydrogen) atoms. The van der Waals surface area contributed by atoms with E-state index in [0.29, 0.717) is 6.07 Å². The van der Waals surface area contributed by atoms with Gasteiger partial charge < -0.3 is 10.1 Å². The van der Waals surface area contributed by atoms with Crippen LogP contribution in [-0.2, 0) is 0 Å². The van der Waals surface area contributed by atoms with Gasteiger partial charge in [0.2, 0.25) is 0 Å². The number of aromatic nitrogens is 2. The smallest absolute Gasteiger partial charge is 0.337 e. The van der Waals surface area contributed by atoms with E-state index >= 15 is 0 Å². The summed E-state index contributed by atoms with van der Waals surface area (Å²) in [6.45, 7) is 0. The molecule has 7 heteroatoms. The molecule has 0 aliphatic carbocycles. The summed E-state index contributed by atoms with van der Waals surface area (Å²) in [5.74, 6) is -2.90. The molecule has 2 N–H and O–H groups in total. The average molecular weight is 290 g/mol. The van der Waals surface area contributed by atoms with Crippen LogP contribution in [0, 0.1) is 11.6 Å². The molecule has 0 spiro atoms. The van der Waals surface area contributed by atoms with Gasteiger partial charge in [-0.2, -0.15) is 0 Å². The predicted molar refractivity (Wildman–Crippen MR) is 70.8 cm³/mol. The van der Waals surface area contributed by atoms with Crippen molar-refractivity contribution in [2.24, 2.45) is 0 Å². The monoisotopic (exact) mass is 290 g/mol. The number of carboxylic acid groups (broad SMARTS) is 1. The van der Waals surface area contributed by atoms with Gasteiger partial charge in [-0.25, -0.2) is 18.4 Å². The lowest BCUT2D eigenvalue weighted by Gasteiger charge is -2.05. The average Bonchev–Trinajstić information content (AvgIpc) is 2.74. The zero-order valence-electron chi connectivity index (χ0n) is 10.4. The quantitative estimate of drug-likeness (QED) is 0.760. The van der Waals surface area contributed by atoms with Gasteiger partial charge in [-0.05, 0) is 24.3 Å². The maximum atomic E-state index is 13.9. The second kappa shape index (κ2) is 4.55. The van der Waals surface area contributed by atoms with Crippen LogP contribution < -0.4 is 5.69 Å². The van der Waals surface area contributed by atoms with Crippen LogP contribution in [0.1, 0.15) is 10.4 Å². The number of carbonyl (C=O) groups is 1. The Morgan fingerprint density at radius 2 is 1.95 bits per heavy atom. The van der Waals surface area contributed by atoms with Gasteiger partial charge in [-0.1, -0.05) is 6.07 Å². The molecule has 0 bridgehead atoms. The molecule has 2 aromatic carbocycles. The molecule has 3 aromatic rings. The van der Waals surface area contributed by atoms with Crippen LogP contribution in [0.25, 0.3) is 16.7 Å². The molecule has 5 nitrogen and oxygen atoms in total. The summed E-state index contributed by atoms with van der Waals surface area (Å²) in [5, 5.41) is 9.09. The van der Waals surface area contributed by atoms with Gasteiger partial charge in [0.1, 0.15) is 11.6 Å². The number of halogens is 2. The van der Waals surface area contributed by atoms with E-state index in [-0.39, 0.29) is 22.3 Å². The van der Waals surface area contributed by atoms with Crippen LogP contribution in [0.2, 0.25) is 0 Å². The van der Waals surface area contributed by atoms with E-state index < -0.39 is 23.3 Å². The first-order valence-electron chi connectivity index (χ1n) is 5.91. The molecule has 106 valence electrons. The Bertz CT molecular complexity index is 928. The van der Waals surface area contributed by atoms with Crippen LogP contribution in [-0.4, -0.2) is 20.6 Å². The van der Waals surface area contributed by atoms with Crippen LogP contribution in [0.5, 0.6) is 0 Å². The Morgan fingerprint density at radius 3 is 2.62 bits per heavy atom. The van der Waals surface area contributed by atoms with Crippen molar-refractivity contribution in [2.45, 2.75) is 0 Å². The lowest BCUT2D eigenvalue weighted by Crippen LogP contribution is -2.15. The van der Waals surface area contributed by atoms with E-state index in [1.165, 1.54) is 18.2 Å². The summed E-state index contributed by atoms with van der Waals surface area (Å²) in [4.78, 5) is 25.5. The number of aromatic amines is 1. The molecule has 3 rings (SSSR count). The highest BCUT2D eigenvalue weighted by Crippen LogP contribution is 2.21. The van der Waals surface area contributed by atoms with Crippen LogP contribution >= 0.6 is 0 Å². The maximum Gasteiger partial charge on any atom is 0.337 e. The molecule has 1 aromatic heterocycles. The number of aromatic carboxylic acids is 1. The van der Waals surface area contributed by atoms with Crippen LogP contribution in [0.3, 0.4) is 0 Å². The maximum absolute atomic E-state index is 13.9. The van der Waals surface area contributed by atoms with Gasteiger partial charge in [0.05, 0.1) is 22.3 Å². The minimum atomic E-state index is -1.21. The number of benzene rings is 2. The summed E-state index contributed by atoms with van der Waals surface area (Å²) in [6, 6.07) is 7.03. The first kappa shape index (κ1) is 13.0. The molecule has 0 radical (unpaired) electrons. The predicted octanol–water partition coefficient (Wildman–Crippen LogP) is 2.30.